The molecule has 48 heavy (non-hydrogen) atoms. The van der Waals surface area contributed by atoms with E-state index in [1.54, 1.807) is 60.7 Å². The molecule has 2 aliphatic heterocycles. The van der Waals surface area contributed by atoms with Crippen LogP contribution in [0.4, 0.5) is 0 Å². The highest BCUT2D eigenvalue weighted by molar-refractivity contribution is 6.44. The van der Waals surface area contributed by atoms with Gasteiger partial charge in [0.15, 0.2) is 0 Å². The van der Waals surface area contributed by atoms with E-state index in [0.29, 0.717) is 76.5 Å². The van der Waals surface area contributed by atoms with Crippen LogP contribution in [-0.4, -0.2) is 45.8 Å². The number of amides is 4. The number of carbonyl (C=O) groups is 6. The van der Waals surface area contributed by atoms with Gasteiger partial charge >= 0.3 is 11.9 Å². The molecular formula is C38H18N2O8. The summed E-state index contributed by atoms with van der Waals surface area (Å²) in [5.74, 6) is -4.45. The molecule has 10 heteroatoms. The van der Waals surface area contributed by atoms with Gasteiger partial charge in [-0.2, -0.15) is 0 Å². The molecule has 0 aliphatic carbocycles. The number of carboxylic acid groups (broad SMARTS) is 2. The predicted molar refractivity (Wildman–Crippen MR) is 176 cm³/mol. The number of hydrogen-bond acceptors (Lipinski definition) is 6. The lowest BCUT2D eigenvalue weighted by Gasteiger charge is -2.26. The summed E-state index contributed by atoms with van der Waals surface area (Å²) in [4.78, 5) is 76.5. The molecule has 0 aromatic heterocycles. The van der Waals surface area contributed by atoms with Crippen molar-refractivity contribution in [3.63, 3.8) is 0 Å². The van der Waals surface area contributed by atoms with Gasteiger partial charge in [-0.15, -0.1) is 0 Å². The molecule has 0 saturated carbocycles. The van der Waals surface area contributed by atoms with E-state index in [0.717, 1.165) is 0 Å². The smallest absolute Gasteiger partial charge is 0.335 e. The maximum Gasteiger partial charge on any atom is 0.335 e. The fourth-order valence-electron chi connectivity index (χ4n) is 7.36. The summed E-state index contributed by atoms with van der Waals surface area (Å²) in [7, 11) is 0. The molecule has 0 fully saturated rings. The molecule has 4 N–H and O–H groups in total. The Hall–Kier alpha value is -6.94. The van der Waals surface area contributed by atoms with Gasteiger partial charge in [0.2, 0.25) is 0 Å². The first-order chi connectivity index (χ1) is 23.1. The molecule has 0 saturated heterocycles. The SMILES string of the molecule is O=C(O)c1ccc(-c2cc3c4c(ccc5c6c(-c7ccc(C(=O)O)cc7)cc7c8c(ccc(c2c45)c86)C(=O)NC7=O)C(=O)NC3=O)cc1. The number of aromatic carboxylic acids is 2. The number of rotatable bonds is 4. The lowest BCUT2D eigenvalue weighted by atomic mass is 9.78. The maximum absolute atomic E-state index is 13.4. The second kappa shape index (κ2) is 9.30. The summed E-state index contributed by atoms with van der Waals surface area (Å²) in [6, 6.07) is 22.7. The van der Waals surface area contributed by atoms with Gasteiger partial charge in [-0.3, -0.25) is 29.8 Å². The van der Waals surface area contributed by atoms with Gasteiger partial charge in [0.1, 0.15) is 0 Å². The van der Waals surface area contributed by atoms with Crippen molar-refractivity contribution in [2.75, 3.05) is 0 Å². The second-order valence-corrected chi connectivity index (χ2v) is 11.8. The van der Waals surface area contributed by atoms with Crippen molar-refractivity contribution in [2.45, 2.75) is 0 Å². The fourth-order valence-corrected chi connectivity index (χ4v) is 7.36. The summed E-state index contributed by atoms with van der Waals surface area (Å²) in [6.07, 6.45) is 0. The molecular weight excluding hydrogens is 612 g/mol. The van der Waals surface area contributed by atoms with E-state index in [-0.39, 0.29) is 22.3 Å². The van der Waals surface area contributed by atoms with Crippen molar-refractivity contribution in [2.24, 2.45) is 0 Å². The van der Waals surface area contributed by atoms with Crippen LogP contribution in [0.5, 0.6) is 0 Å². The standard InChI is InChI=1S/C38H18N2O8/c41-33-21-12-10-20-28-24(16-3-7-18(8-4-16)38(47)48)14-26-30-22(34(42)40-36(26)44)11-9-19(32(28)30)27-23(15-1-5-17(6-2-15)37(45)46)13-25(35(43)39-33)29(21)31(20)27/h1-14H,(H,45,46)(H,47,48)(H,39,41,43)(H,40,42,44). The van der Waals surface area contributed by atoms with E-state index in [9.17, 15) is 39.0 Å². The van der Waals surface area contributed by atoms with Crippen LogP contribution < -0.4 is 10.6 Å². The summed E-state index contributed by atoms with van der Waals surface area (Å²) < 4.78 is 0. The molecule has 228 valence electrons. The highest BCUT2D eigenvalue weighted by Crippen LogP contribution is 2.51. The van der Waals surface area contributed by atoms with Crippen molar-refractivity contribution in [3.8, 4) is 22.3 Å². The Kier molecular flexibility index (Phi) is 5.31. The molecule has 4 amide bonds. The van der Waals surface area contributed by atoms with Crippen LogP contribution >= 0.6 is 0 Å². The molecule has 7 aromatic rings. The monoisotopic (exact) mass is 630 g/mol. The first-order valence-electron chi connectivity index (χ1n) is 14.8. The zero-order valence-electron chi connectivity index (χ0n) is 24.4. The summed E-state index contributed by atoms with van der Waals surface area (Å²) in [5.41, 5.74) is 3.66. The summed E-state index contributed by atoms with van der Waals surface area (Å²) in [6.45, 7) is 0. The molecule has 2 heterocycles. The summed E-state index contributed by atoms with van der Waals surface area (Å²) in [5, 5.41) is 28.6. The van der Waals surface area contributed by atoms with Gasteiger partial charge in [-0.25, -0.2) is 9.59 Å². The number of fused-ring (bicyclic) bond motifs is 2. The van der Waals surface area contributed by atoms with E-state index in [4.69, 9.17) is 0 Å². The maximum atomic E-state index is 13.4. The Morgan fingerprint density at radius 3 is 1.10 bits per heavy atom. The van der Waals surface area contributed by atoms with Gasteiger partial charge in [-0.05, 0) is 103 Å². The lowest BCUT2D eigenvalue weighted by Crippen LogP contribution is -2.35. The number of carbonyl (C=O) groups excluding carboxylic acids is 4. The summed E-state index contributed by atoms with van der Waals surface area (Å²) >= 11 is 0. The third-order valence-electron chi connectivity index (χ3n) is 9.42. The Bertz CT molecular complexity index is 2540. The highest BCUT2D eigenvalue weighted by atomic mass is 16.4. The van der Waals surface area contributed by atoms with Crippen molar-refractivity contribution in [1.29, 1.82) is 0 Å². The zero-order chi connectivity index (χ0) is 33.2. The van der Waals surface area contributed by atoms with Crippen molar-refractivity contribution >= 4 is 78.7 Å². The highest BCUT2D eigenvalue weighted by Gasteiger charge is 2.33. The zero-order valence-corrected chi connectivity index (χ0v) is 24.4. The molecule has 0 unspecified atom stereocenters. The Balaban J connectivity index is 1.55. The van der Waals surface area contributed by atoms with Gasteiger partial charge in [0.05, 0.1) is 11.1 Å². The number of benzene rings is 7. The average molecular weight is 631 g/mol. The normalized spacial score (nSPS) is 13.8. The van der Waals surface area contributed by atoms with Gasteiger partial charge in [0.25, 0.3) is 23.6 Å². The first-order valence-corrected chi connectivity index (χ1v) is 14.8. The van der Waals surface area contributed by atoms with Gasteiger partial charge in [0, 0.05) is 33.0 Å². The Labute approximate surface area is 268 Å². The topological polar surface area (TPSA) is 167 Å². The molecule has 9 rings (SSSR count). The van der Waals surface area contributed by atoms with E-state index < -0.39 is 35.6 Å². The molecule has 0 radical (unpaired) electrons. The minimum Gasteiger partial charge on any atom is -0.478 e. The number of carboxylic acids is 2. The molecule has 10 nitrogen and oxygen atoms in total. The van der Waals surface area contributed by atoms with Gasteiger partial charge in [-0.1, -0.05) is 36.4 Å². The van der Waals surface area contributed by atoms with Crippen LogP contribution in [0.1, 0.15) is 62.1 Å². The predicted octanol–water partition coefficient (Wildman–Crippen LogP) is 6.23. The van der Waals surface area contributed by atoms with Crippen LogP contribution in [-0.2, 0) is 0 Å². The number of imide groups is 2. The molecule has 0 bridgehead atoms. The van der Waals surface area contributed by atoms with E-state index in [2.05, 4.69) is 10.6 Å². The largest absolute Gasteiger partial charge is 0.478 e. The Morgan fingerprint density at radius 2 is 0.750 bits per heavy atom. The molecule has 7 aromatic carbocycles. The van der Waals surface area contributed by atoms with E-state index >= 15 is 0 Å². The molecule has 0 atom stereocenters. The molecule has 2 aliphatic rings. The van der Waals surface area contributed by atoms with Crippen LogP contribution in [0.2, 0.25) is 0 Å². The number of nitrogens with one attached hydrogen (secondary N) is 2. The van der Waals surface area contributed by atoms with Crippen molar-refractivity contribution < 1.29 is 39.0 Å². The van der Waals surface area contributed by atoms with Crippen molar-refractivity contribution in [3.05, 3.63) is 118 Å². The third-order valence-corrected chi connectivity index (χ3v) is 9.42. The lowest BCUT2D eigenvalue weighted by molar-refractivity contribution is 0.0686. The Morgan fingerprint density at radius 1 is 0.396 bits per heavy atom. The first kappa shape index (κ1) is 27.4. The van der Waals surface area contributed by atoms with E-state index in [1.807, 2.05) is 0 Å². The van der Waals surface area contributed by atoms with Crippen molar-refractivity contribution in [1.82, 2.24) is 10.6 Å². The van der Waals surface area contributed by atoms with E-state index in [1.165, 1.54) is 24.3 Å². The van der Waals surface area contributed by atoms with Crippen LogP contribution in [0.3, 0.4) is 0 Å². The average Bonchev–Trinajstić information content (AvgIpc) is 3.08. The number of hydrogen-bond donors (Lipinski definition) is 4. The van der Waals surface area contributed by atoms with Gasteiger partial charge < -0.3 is 10.2 Å². The minimum atomic E-state index is -1.10. The third kappa shape index (κ3) is 3.50. The van der Waals surface area contributed by atoms with Crippen LogP contribution in [0.15, 0.2) is 84.9 Å². The van der Waals surface area contributed by atoms with Crippen LogP contribution in [0, 0.1) is 0 Å². The molecule has 0 spiro atoms. The van der Waals surface area contributed by atoms with Crippen LogP contribution in [0.25, 0.3) is 65.3 Å². The second-order valence-electron chi connectivity index (χ2n) is 11.8. The minimum absolute atomic E-state index is 0.0767. The fraction of sp³-hybridized carbons (Fsp3) is 0. The quantitative estimate of drug-likeness (QED) is 0.101.